The van der Waals surface area contributed by atoms with Crippen molar-refractivity contribution in [2.75, 3.05) is 18.0 Å². The van der Waals surface area contributed by atoms with Crippen molar-refractivity contribution in [2.24, 2.45) is 5.92 Å². The first-order chi connectivity index (χ1) is 7.88. The van der Waals surface area contributed by atoms with Crippen LogP contribution in [-0.2, 0) is 11.0 Å². The highest BCUT2D eigenvalue weighted by Gasteiger charge is 2.37. The highest BCUT2D eigenvalue weighted by Crippen LogP contribution is 2.35. The van der Waals surface area contributed by atoms with E-state index in [0.717, 1.165) is 0 Å². The zero-order chi connectivity index (χ0) is 12.6. The molecule has 94 valence electrons. The number of anilines is 1. The maximum absolute atomic E-state index is 12.3. The van der Waals surface area contributed by atoms with E-state index >= 15 is 0 Å². The van der Waals surface area contributed by atoms with E-state index in [0.29, 0.717) is 24.3 Å². The molecule has 0 aliphatic carbocycles. The Morgan fingerprint density at radius 1 is 1.47 bits per heavy atom. The molecule has 1 fully saturated rings. The van der Waals surface area contributed by atoms with Crippen LogP contribution in [0.3, 0.4) is 0 Å². The molecule has 1 aliphatic heterocycles. The molecule has 0 saturated carbocycles. The second-order valence-electron chi connectivity index (χ2n) is 3.66. The molecule has 1 aromatic heterocycles. The van der Waals surface area contributed by atoms with Gasteiger partial charge in [-0.3, -0.25) is 4.79 Å². The minimum Gasteiger partial charge on any atom is -0.481 e. The van der Waals surface area contributed by atoms with Gasteiger partial charge in [0.1, 0.15) is 0 Å². The molecule has 1 saturated heterocycles. The van der Waals surface area contributed by atoms with Crippen molar-refractivity contribution in [1.29, 1.82) is 0 Å². The van der Waals surface area contributed by atoms with Crippen LogP contribution in [0.15, 0.2) is 0 Å². The largest absolute Gasteiger partial charge is 0.481 e. The van der Waals surface area contributed by atoms with Gasteiger partial charge in [-0.2, -0.15) is 13.2 Å². The molecule has 17 heavy (non-hydrogen) atoms. The Labute approximate surface area is 97.9 Å². The van der Waals surface area contributed by atoms with Crippen LogP contribution in [0.1, 0.15) is 11.4 Å². The number of carboxylic acids is 1. The summed E-state index contributed by atoms with van der Waals surface area (Å²) in [6, 6.07) is 0. The number of carboxylic acid groups (broad SMARTS) is 1. The average molecular weight is 267 g/mol. The standard InChI is InChI=1S/C8H8F3N3O2S/c9-8(10,11)6-12-13-7(17-6)14-2-1-4(3-14)5(15)16/h4H,1-3H2,(H,15,16). The van der Waals surface area contributed by atoms with Crippen LogP contribution < -0.4 is 4.90 Å². The molecular formula is C8H8F3N3O2S. The van der Waals surface area contributed by atoms with Crippen LogP contribution in [-0.4, -0.2) is 34.4 Å². The van der Waals surface area contributed by atoms with E-state index in [2.05, 4.69) is 10.2 Å². The Morgan fingerprint density at radius 2 is 2.18 bits per heavy atom. The molecule has 0 spiro atoms. The Kier molecular flexibility index (Phi) is 2.94. The third kappa shape index (κ3) is 2.48. The average Bonchev–Trinajstić information content (AvgIpc) is 2.85. The summed E-state index contributed by atoms with van der Waals surface area (Å²) < 4.78 is 36.9. The first-order valence-corrected chi connectivity index (χ1v) is 5.58. The van der Waals surface area contributed by atoms with Crippen LogP contribution in [0.4, 0.5) is 18.3 Å². The summed E-state index contributed by atoms with van der Waals surface area (Å²) in [6.07, 6.45) is -4.09. The number of aliphatic carboxylic acids is 1. The van der Waals surface area contributed by atoms with E-state index in [1.54, 1.807) is 0 Å². The van der Waals surface area contributed by atoms with Crippen molar-refractivity contribution in [3.63, 3.8) is 0 Å². The number of nitrogens with zero attached hydrogens (tertiary/aromatic N) is 3. The number of hydrogen-bond donors (Lipinski definition) is 1. The second-order valence-corrected chi connectivity index (χ2v) is 4.61. The number of rotatable bonds is 2. The Hall–Kier alpha value is -1.38. The molecule has 0 aromatic carbocycles. The molecule has 1 unspecified atom stereocenters. The van der Waals surface area contributed by atoms with Gasteiger partial charge in [0.05, 0.1) is 5.92 Å². The Bertz CT molecular complexity index is 434. The number of aromatic nitrogens is 2. The van der Waals surface area contributed by atoms with Crippen LogP contribution in [0.2, 0.25) is 0 Å². The fourth-order valence-electron chi connectivity index (χ4n) is 1.59. The van der Waals surface area contributed by atoms with Crippen molar-refractivity contribution in [3.05, 3.63) is 5.01 Å². The smallest absolute Gasteiger partial charge is 0.445 e. The van der Waals surface area contributed by atoms with Crippen molar-refractivity contribution in [2.45, 2.75) is 12.6 Å². The minimum atomic E-state index is -4.50. The van der Waals surface area contributed by atoms with Gasteiger partial charge in [0.25, 0.3) is 0 Å². The molecule has 1 aliphatic rings. The van der Waals surface area contributed by atoms with Gasteiger partial charge < -0.3 is 10.0 Å². The quantitative estimate of drug-likeness (QED) is 0.878. The summed E-state index contributed by atoms with van der Waals surface area (Å²) in [6.45, 7) is 0.575. The number of alkyl halides is 3. The lowest BCUT2D eigenvalue weighted by molar-refractivity contribution is -0.141. The Morgan fingerprint density at radius 3 is 2.65 bits per heavy atom. The van der Waals surface area contributed by atoms with Crippen molar-refractivity contribution in [3.8, 4) is 0 Å². The number of hydrogen-bond acceptors (Lipinski definition) is 5. The van der Waals surface area contributed by atoms with Gasteiger partial charge in [0, 0.05) is 13.1 Å². The normalized spacial score (nSPS) is 20.9. The predicted octanol–water partition coefficient (Wildman–Crippen LogP) is 1.47. The van der Waals surface area contributed by atoms with E-state index in [1.807, 2.05) is 0 Å². The van der Waals surface area contributed by atoms with Crippen molar-refractivity contribution >= 4 is 22.4 Å². The monoisotopic (exact) mass is 267 g/mol. The van der Waals surface area contributed by atoms with Gasteiger partial charge in [0.2, 0.25) is 10.1 Å². The molecular weight excluding hydrogens is 259 g/mol. The van der Waals surface area contributed by atoms with Gasteiger partial charge in [-0.1, -0.05) is 11.3 Å². The number of halogens is 3. The van der Waals surface area contributed by atoms with Gasteiger partial charge in [0.15, 0.2) is 0 Å². The van der Waals surface area contributed by atoms with E-state index in [9.17, 15) is 18.0 Å². The summed E-state index contributed by atoms with van der Waals surface area (Å²) >= 11 is 0.437. The molecule has 9 heteroatoms. The highest BCUT2D eigenvalue weighted by atomic mass is 32.1. The number of carbonyl (C=O) groups is 1. The predicted molar refractivity (Wildman–Crippen MR) is 52.9 cm³/mol. The molecule has 2 heterocycles. The van der Waals surface area contributed by atoms with Gasteiger partial charge in [-0.05, 0) is 6.42 Å². The van der Waals surface area contributed by atoms with Crippen LogP contribution in [0.5, 0.6) is 0 Å². The summed E-state index contributed by atoms with van der Waals surface area (Å²) in [5.74, 6) is -1.48. The maximum Gasteiger partial charge on any atom is 0.445 e. The topological polar surface area (TPSA) is 66.3 Å². The molecule has 1 atom stereocenters. The molecule has 5 nitrogen and oxygen atoms in total. The summed E-state index contributed by atoms with van der Waals surface area (Å²) in [4.78, 5) is 12.2. The van der Waals surface area contributed by atoms with E-state index < -0.39 is 23.1 Å². The van der Waals surface area contributed by atoms with Crippen LogP contribution in [0, 0.1) is 5.92 Å². The van der Waals surface area contributed by atoms with E-state index in [-0.39, 0.29) is 11.7 Å². The Balaban J connectivity index is 2.10. The first kappa shape index (κ1) is 12.1. The fraction of sp³-hybridized carbons (Fsp3) is 0.625. The van der Waals surface area contributed by atoms with Crippen LogP contribution in [0.25, 0.3) is 0 Å². The lowest BCUT2D eigenvalue weighted by atomic mass is 10.1. The molecule has 0 amide bonds. The molecule has 2 rings (SSSR count). The SMILES string of the molecule is O=C(O)C1CCN(c2nnc(C(F)(F)F)s2)C1. The van der Waals surface area contributed by atoms with Crippen LogP contribution >= 0.6 is 11.3 Å². The molecule has 1 aromatic rings. The van der Waals surface area contributed by atoms with Gasteiger partial charge in [-0.25, -0.2) is 0 Å². The van der Waals surface area contributed by atoms with Crippen molar-refractivity contribution < 1.29 is 23.1 Å². The lowest BCUT2D eigenvalue weighted by Gasteiger charge is -2.12. The summed E-state index contributed by atoms with van der Waals surface area (Å²) in [7, 11) is 0. The zero-order valence-corrected chi connectivity index (χ0v) is 9.25. The van der Waals surface area contributed by atoms with E-state index in [1.165, 1.54) is 4.90 Å². The maximum atomic E-state index is 12.3. The lowest BCUT2D eigenvalue weighted by Crippen LogP contribution is -2.22. The second kappa shape index (κ2) is 4.13. The highest BCUT2D eigenvalue weighted by molar-refractivity contribution is 7.15. The fourth-order valence-corrected chi connectivity index (χ4v) is 2.34. The summed E-state index contributed by atoms with van der Waals surface area (Å²) in [5, 5.41) is 14.4. The van der Waals surface area contributed by atoms with E-state index in [4.69, 9.17) is 5.11 Å². The third-order valence-electron chi connectivity index (χ3n) is 2.46. The van der Waals surface area contributed by atoms with Gasteiger partial charge in [-0.15, -0.1) is 10.2 Å². The van der Waals surface area contributed by atoms with Gasteiger partial charge >= 0.3 is 12.1 Å². The first-order valence-electron chi connectivity index (χ1n) is 4.76. The minimum absolute atomic E-state index is 0.126. The zero-order valence-electron chi connectivity index (χ0n) is 8.44. The third-order valence-corrected chi connectivity index (χ3v) is 3.49. The summed E-state index contributed by atoms with van der Waals surface area (Å²) in [5.41, 5.74) is 0. The molecule has 0 radical (unpaired) electrons. The van der Waals surface area contributed by atoms with Crippen molar-refractivity contribution in [1.82, 2.24) is 10.2 Å². The molecule has 0 bridgehead atoms. The molecule has 1 N–H and O–H groups in total.